The van der Waals surface area contributed by atoms with Crippen LogP contribution in [0.3, 0.4) is 0 Å². The van der Waals surface area contributed by atoms with Gasteiger partial charge in [0.1, 0.15) is 0 Å². The lowest BCUT2D eigenvalue weighted by atomic mass is 10.1. The minimum atomic E-state index is 0.00794. The minimum Gasteiger partial charge on any atom is -0.365 e. The van der Waals surface area contributed by atoms with Crippen molar-refractivity contribution >= 4 is 25.2 Å². The van der Waals surface area contributed by atoms with Gasteiger partial charge in [-0.2, -0.15) is 0 Å². The third-order valence-electron chi connectivity index (χ3n) is 3.92. The normalized spacial score (nSPS) is 16.6. The Balaban J connectivity index is 1.77. The maximum absolute atomic E-state index is 12.4. The Kier molecular flexibility index (Phi) is 5.42. The molecule has 2 amide bonds. The van der Waals surface area contributed by atoms with E-state index in [1.165, 1.54) is 13.4 Å². The lowest BCUT2D eigenvalue weighted by Crippen LogP contribution is -2.35. The molecule has 0 bridgehead atoms. The zero-order valence-electron chi connectivity index (χ0n) is 12.9. The van der Waals surface area contributed by atoms with Crippen molar-refractivity contribution in [1.82, 2.24) is 5.32 Å². The number of amides is 2. The Morgan fingerprint density at radius 2 is 2.05 bits per heavy atom. The summed E-state index contributed by atoms with van der Waals surface area (Å²) in [6.45, 7) is 2.81. The second kappa shape index (κ2) is 7.30. The number of carbonyl (C=O) groups is 2. The molecule has 0 spiro atoms. The van der Waals surface area contributed by atoms with Gasteiger partial charge in [0.25, 0.3) is 0 Å². The molecule has 2 rings (SSSR count). The van der Waals surface area contributed by atoms with Crippen molar-refractivity contribution in [2.75, 3.05) is 11.4 Å². The van der Waals surface area contributed by atoms with Crippen molar-refractivity contribution in [3.05, 3.63) is 29.8 Å². The summed E-state index contributed by atoms with van der Waals surface area (Å²) >= 11 is 0. The van der Waals surface area contributed by atoms with Crippen molar-refractivity contribution in [1.29, 1.82) is 0 Å². The van der Waals surface area contributed by atoms with Crippen LogP contribution in [-0.4, -0.2) is 32.1 Å². The number of hydrogen-bond acceptors (Lipinski definition) is 2. The molecule has 1 aliphatic heterocycles. The molecule has 1 N–H and O–H groups in total. The zero-order chi connectivity index (χ0) is 15.2. The fourth-order valence-electron chi connectivity index (χ4n) is 2.91. The van der Waals surface area contributed by atoms with E-state index in [1.807, 2.05) is 23.1 Å². The van der Waals surface area contributed by atoms with Crippen molar-refractivity contribution in [3.8, 4) is 0 Å². The molecule has 1 aliphatic rings. The van der Waals surface area contributed by atoms with Crippen molar-refractivity contribution < 1.29 is 9.59 Å². The quantitative estimate of drug-likeness (QED) is 0.641. The van der Waals surface area contributed by atoms with Crippen molar-refractivity contribution in [3.63, 3.8) is 0 Å². The van der Waals surface area contributed by atoms with Crippen molar-refractivity contribution in [2.45, 2.75) is 45.1 Å². The summed E-state index contributed by atoms with van der Waals surface area (Å²) in [6, 6.07) is 8.42. The van der Waals surface area contributed by atoms with Crippen LogP contribution in [0.2, 0.25) is 0 Å². The number of nitrogens with zero attached hydrogens (tertiary/aromatic N) is 1. The fraction of sp³-hybridized carbons (Fsp3) is 0.500. The first-order valence-electron chi connectivity index (χ1n) is 7.74. The number of benzene rings is 1. The van der Waals surface area contributed by atoms with Gasteiger partial charge in [0, 0.05) is 24.7 Å². The SMILES string of the molecule is BC(=O)NCCCCCC(=O)N1c2ccccc2CC1C. The summed E-state index contributed by atoms with van der Waals surface area (Å²) in [5.41, 5.74) is 2.34. The van der Waals surface area contributed by atoms with E-state index in [0.29, 0.717) is 13.0 Å². The van der Waals surface area contributed by atoms with E-state index in [1.54, 1.807) is 0 Å². The van der Waals surface area contributed by atoms with Crippen LogP contribution in [0.1, 0.15) is 38.2 Å². The lowest BCUT2D eigenvalue weighted by Gasteiger charge is -2.22. The second-order valence-electron chi connectivity index (χ2n) is 5.74. The summed E-state index contributed by atoms with van der Waals surface area (Å²) in [5, 5.41) is 2.77. The van der Waals surface area contributed by atoms with Gasteiger partial charge in [-0.25, -0.2) is 0 Å². The Morgan fingerprint density at radius 1 is 1.29 bits per heavy atom. The molecule has 1 heterocycles. The summed E-state index contributed by atoms with van der Waals surface area (Å²) in [5.74, 6) is 0.223. The predicted octanol–water partition coefficient (Wildman–Crippen LogP) is 1.87. The summed E-state index contributed by atoms with van der Waals surface area (Å²) in [4.78, 5) is 25.1. The van der Waals surface area contributed by atoms with Crippen LogP contribution in [0.25, 0.3) is 0 Å². The molecule has 1 atom stereocenters. The highest BCUT2D eigenvalue weighted by atomic mass is 16.2. The molecule has 1 unspecified atom stereocenters. The second-order valence-corrected chi connectivity index (χ2v) is 5.74. The highest BCUT2D eigenvalue weighted by Gasteiger charge is 2.29. The topological polar surface area (TPSA) is 49.4 Å². The van der Waals surface area contributed by atoms with Crippen LogP contribution < -0.4 is 10.2 Å². The first-order valence-corrected chi connectivity index (χ1v) is 7.74. The molecule has 112 valence electrons. The first-order chi connectivity index (χ1) is 10.1. The van der Waals surface area contributed by atoms with Crippen LogP contribution in [0.5, 0.6) is 0 Å². The minimum absolute atomic E-state index is 0.00794. The molecular formula is C16H23BN2O2. The molecule has 21 heavy (non-hydrogen) atoms. The molecule has 0 aliphatic carbocycles. The Bertz CT molecular complexity index is 519. The monoisotopic (exact) mass is 286 g/mol. The van der Waals surface area contributed by atoms with Gasteiger partial charge in [-0.05, 0) is 37.8 Å². The highest BCUT2D eigenvalue weighted by Crippen LogP contribution is 2.32. The average molecular weight is 286 g/mol. The highest BCUT2D eigenvalue weighted by molar-refractivity contribution is 6.57. The maximum atomic E-state index is 12.4. The molecule has 4 nitrogen and oxygen atoms in total. The molecule has 0 fully saturated rings. The van der Waals surface area contributed by atoms with E-state index in [4.69, 9.17) is 0 Å². The third kappa shape index (κ3) is 4.10. The Hall–Kier alpha value is -1.78. The van der Waals surface area contributed by atoms with E-state index in [-0.39, 0.29) is 17.8 Å². The number of unbranched alkanes of at least 4 members (excludes halogenated alkanes) is 2. The molecule has 0 saturated carbocycles. The van der Waals surface area contributed by atoms with Crippen LogP contribution >= 0.6 is 0 Å². The Labute approximate surface area is 127 Å². The molecule has 0 radical (unpaired) electrons. The van der Waals surface area contributed by atoms with Gasteiger partial charge in [0.2, 0.25) is 13.8 Å². The largest absolute Gasteiger partial charge is 0.365 e. The number of fused-ring (bicyclic) bond motifs is 1. The molecule has 1 aromatic carbocycles. The van der Waals surface area contributed by atoms with Gasteiger partial charge in [-0.1, -0.05) is 24.6 Å². The van der Waals surface area contributed by atoms with E-state index >= 15 is 0 Å². The van der Waals surface area contributed by atoms with Gasteiger partial charge in [-0.15, -0.1) is 0 Å². The summed E-state index contributed by atoms with van der Waals surface area (Å²) in [6.07, 6.45) is 4.31. The van der Waals surface area contributed by atoms with Gasteiger partial charge < -0.3 is 10.2 Å². The first kappa shape index (κ1) is 15.6. The van der Waals surface area contributed by atoms with Crippen LogP contribution in [-0.2, 0) is 11.2 Å². The fourth-order valence-corrected chi connectivity index (χ4v) is 2.91. The number of para-hydroxylation sites is 1. The molecule has 1 aromatic rings. The Morgan fingerprint density at radius 3 is 2.81 bits per heavy atom. The summed E-state index contributed by atoms with van der Waals surface area (Å²) in [7, 11) is 1.52. The standard InChI is InChI=1S/C16H23BN2O2/c1-12-11-13-7-4-5-8-14(13)19(12)15(20)9-3-2-6-10-18-16(17)21/h4-5,7-8,12H,2-3,6,9-11,17H2,1H3,(H,18,21). The van der Waals surface area contributed by atoms with Crippen LogP contribution in [0.15, 0.2) is 24.3 Å². The van der Waals surface area contributed by atoms with E-state index in [0.717, 1.165) is 31.4 Å². The van der Waals surface area contributed by atoms with Crippen LogP contribution in [0, 0.1) is 0 Å². The third-order valence-corrected chi connectivity index (χ3v) is 3.92. The summed E-state index contributed by atoms with van der Waals surface area (Å²) < 4.78 is 0. The number of rotatable bonds is 6. The van der Waals surface area contributed by atoms with E-state index in [9.17, 15) is 9.59 Å². The average Bonchev–Trinajstić information content (AvgIpc) is 2.78. The zero-order valence-corrected chi connectivity index (χ0v) is 12.9. The van der Waals surface area contributed by atoms with Gasteiger partial charge in [0.15, 0.2) is 5.81 Å². The van der Waals surface area contributed by atoms with E-state index < -0.39 is 0 Å². The molecular weight excluding hydrogens is 263 g/mol. The van der Waals surface area contributed by atoms with Crippen LogP contribution in [0.4, 0.5) is 10.5 Å². The molecule has 0 saturated heterocycles. The molecule has 5 heteroatoms. The van der Waals surface area contributed by atoms with Crippen molar-refractivity contribution in [2.24, 2.45) is 0 Å². The van der Waals surface area contributed by atoms with Gasteiger partial charge in [0.05, 0.1) is 0 Å². The number of anilines is 1. The maximum Gasteiger partial charge on any atom is 0.227 e. The number of hydrogen-bond donors (Lipinski definition) is 1. The lowest BCUT2D eigenvalue weighted by molar-refractivity contribution is -0.119. The number of carbonyl (C=O) groups excluding carboxylic acids is 2. The van der Waals surface area contributed by atoms with Gasteiger partial charge >= 0.3 is 0 Å². The molecule has 0 aromatic heterocycles. The predicted molar refractivity (Wildman–Crippen MR) is 87.5 cm³/mol. The van der Waals surface area contributed by atoms with E-state index in [2.05, 4.69) is 18.3 Å². The van der Waals surface area contributed by atoms with Gasteiger partial charge in [-0.3, -0.25) is 9.59 Å². The smallest absolute Gasteiger partial charge is 0.227 e. The number of nitrogens with one attached hydrogen (secondary N) is 1.